The Kier molecular flexibility index (Phi) is 7.55. The number of urea groups is 1. The summed E-state index contributed by atoms with van der Waals surface area (Å²) >= 11 is 0. The summed E-state index contributed by atoms with van der Waals surface area (Å²) in [6.07, 6.45) is 1.36. The molecule has 0 aromatic carbocycles. The molecule has 0 saturated carbocycles. The van der Waals surface area contributed by atoms with Crippen LogP contribution in [0, 0.1) is 0 Å². The van der Waals surface area contributed by atoms with Crippen molar-refractivity contribution in [2.24, 2.45) is 0 Å². The van der Waals surface area contributed by atoms with Crippen LogP contribution in [0.2, 0.25) is 0 Å². The second kappa shape index (κ2) is 8.34. The number of carboxylic acid groups (broad SMARTS) is 1. The van der Waals surface area contributed by atoms with Gasteiger partial charge in [-0.2, -0.15) is 0 Å². The molecule has 0 aromatic heterocycles. The Morgan fingerprint density at radius 1 is 1.05 bits per heavy atom. The Balaban J connectivity index is 4.29. The van der Waals surface area contributed by atoms with Crippen molar-refractivity contribution >= 4 is 17.9 Å². The van der Waals surface area contributed by atoms with Crippen LogP contribution in [0.3, 0.4) is 0 Å². The summed E-state index contributed by atoms with van der Waals surface area (Å²) in [5.41, 5.74) is -1.29. The number of carbonyl (C=O) groups is 3. The zero-order chi connectivity index (χ0) is 14.9. The second-order valence-electron chi connectivity index (χ2n) is 4.25. The highest BCUT2D eigenvalue weighted by atomic mass is 16.4. The number of hydrogen-bond acceptors (Lipinski definition) is 3. The maximum absolute atomic E-state index is 11.6. The van der Waals surface area contributed by atoms with Gasteiger partial charge in [0.25, 0.3) is 0 Å². The summed E-state index contributed by atoms with van der Waals surface area (Å²) in [5, 5.41) is 16.5. The van der Waals surface area contributed by atoms with Gasteiger partial charge in [-0.05, 0) is 19.3 Å². The standard InChI is InChI=1S/C12H23N3O4/c1-4-7-13-9(16)8-14-11(19)15-12(5-2,6-3)10(17)18/h4-8H2,1-3H3,(H,13,16)(H,17,18)(H2,14,15,19). The predicted molar refractivity (Wildman–Crippen MR) is 70.8 cm³/mol. The highest BCUT2D eigenvalue weighted by molar-refractivity contribution is 5.88. The Labute approximate surface area is 113 Å². The maximum atomic E-state index is 11.6. The maximum Gasteiger partial charge on any atom is 0.329 e. The van der Waals surface area contributed by atoms with Crippen molar-refractivity contribution < 1.29 is 19.5 Å². The quantitative estimate of drug-likeness (QED) is 0.515. The topological polar surface area (TPSA) is 108 Å². The molecule has 19 heavy (non-hydrogen) atoms. The molecule has 0 aliphatic rings. The predicted octanol–water partition coefficient (Wildman–Crippen LogP) is 0.455. The average molecular weight is 273 g/mol. The minimum absolute atomic E-state index is 0.172. The first-order valence-electron chi connectivity index (χ1n) is 6.48. The molecule has 0 atom stereocenters. The molecule has 0 spiro atoms. The molecule has 0 bridgehead atoms. The van der Waals surface area contributed by atoms with Gasteiger partial charge in [-0.1, -0.05) is 20.8 Å². The molecular weight excluding hydrogens is 250 g/mol. The minimum atomic E-state index is -1.29. The van der Waals surface area contributed by atoms with Crippen molar-refractivity contribution in [3.8, 4) is 0 Å². The first kappa shape index (κ1) is 17.2. The number of carbonyl (C=O) groups excluding carboxylic acids is 2. The van der Waals surface area contributed by atoms with Gasteiger partial charge in [0.2, 0.25) is 5.91 Å². The summed E-state index contributed by atoms with van der Waals surface area (Å²) in [6, 6.07) is -0.655. The number of amides is 3. The largest absolute Gasteiger partial charge is 0.480 e. The summed E-state index contributed by atoms with van der Waals surface area (Å²) in [4.78, 5) is 34.0. The van der Waals surface area contributed by atoms with Crippen molar-refractivity contribution in [1.29, 1.82) is 0 Å². The molecule has 4 N–H and O–H groups in total. The molecule has 3 amide bonds. The average Bonchev–Trinajstić information content (AvgIpc) is 2.39. The molecule has 0 radical (unpaired) electrons. The van der Waals surface area contributed by atoms with Gasteiger partial charge in [0.1, 0.15) is 5.54 Å². The van der Waals surface area contributed by atoms with E-state index in [4.69, 9.17) is 5.11 Å². The molecule has 0 aliphatic carbocycles. The lowest BCUT2D eigenvalue weighted by atomic mass is 9.93. The molecule has 0 unspecified atom stereocenters. The molecule has 0 saturated heterocycles. The Morgan fingerprint density at radius 2 is 1.63 bits per heavy atom. The third kappa shape index (κ3) is 5.58. The molecule has 0 fully saturated rings. The Hall–Kier alpha value is -1.79. The molecule has 7 nitrogen and oxygen atoms in total. The Bertz CT molecular complexity index is 327. The van der Waals surface area contributed by atoms with Crippen LogP contribution in [-0.2, 0) is 9.59 Å². The van der Waals surface area contributed by atoms with Crippen LogP contribution < -0.4 is 16.0 Å². The van der Waals surface area contributed by atoms with Gasteiger partial charge in [-0.25, -0.2) is 9.59 Å². The van der Waals surface area contributed by atoms with E-state index in [1.165, 1.54) is 0 Å². The lowest BCUT2D eigenvalue weighted by molar-refractivity contribution is -0.144. The molecule has 0 rings (SSSR count). The van der Waals surface area contributed by atoms with Gasteiger partial charge in [0.05, 0.1) is 6.54 Å². The minimum Gasteiger partial charge on any atom is -0.480 e. The lowest BCUT2D eigenvalue weighted by Crippen LogP contribution is -2.57. The molecule has 0 heterocycles. The van der Waals surface area contributed by atoms with E-state index in [0.717, 1.165) is 6.42 Å². The van der Waals surface area contributed by atoms with Crippen LogP contribution in [0.15, 0.2) is 0 Å². The van der Waals surface area contributed by atoms with Gasteiger partial charge in [-0.3, -0.25) is 4.79 Å². The SMILES string of the molecule is CCCNC(=O)CNC(=O)NC(CC)(CC)C(=O)O. The van der Waals surface area contributed by atoms with Crippen LogP contribution in [0.4, 0.5) is 4.79 Å². The van der Waals surface area contributed by atoms with E-state index in [1.807, 2.05) is 6.92 Å². The van der Waals surface area contributed by atoms with E-state index in [9.17, 15) is 14.4 Å². The fourth-order valence-corrected chi connectivity index (χ4v) is 1.53. The molecular formula is C12H23N3O4. The van der Waals surface area contributed by atoms with E-state index in [-0.39, 0.29) is 25.3 Å². The van der Waals surface area contributed by atoms with E-state index in [2.05, 4.69) is 16.0 Å². The van der Waals surface area contributed by atoms with Crippen molar-refractivity contribution in [3.63, 3.8) is 0 Å². The number of carboxylic acids is 1. The van der Waals surface area contributed by atoms with E-state index in [1.54, 1.807) is 13.8 Å². The van der Waals surface area contributed by atoms with Crippen LogP contribution in [0.25, 0.3) is 0 Å². The summed E-state index contributed by atoms with van der Waals surface area (Å²) < 4.78 is 0. The summed E-state index contributed by atoms with van der Waals surface area (Å²) in [5.74, 6) is -1.38. The van der Waals surface area contributed by atoms with Crippen molar-refractivity contribution in [1.82, 2.24) is 16.0 Å². The fourth-order valence-electron chi connectivity index (χ4n) is 1.53. The van der Waals surface area contributed by atoms with Crippen LogP contribution in [-0.4, -0.2) is 41.6 Å². The van der Waals surface area contributed by atoms with E-state index in [0.29, 0.717) is 6.54 Å². The number of aliphatic carboxylic acids is 1. The number of rotatable bonds is 8. The van der Waals surface area contributed by atoms with E-state index >= 15 is 0 Å². The van der Waals surface area contributed by atoms with Crippen molar-refractivity contribution in [3.05, 3.63) is 0 Å². The van der Waals surface area contributed by atoms with Crippen LogP contribution >= 0.6 is 0 Å². The highest BCUT2D eigenvalue weighted by Gasteiger charge is 2.36. The third-order valence-corrected chi connectivity index (χ3v) is 2.95. The molecule has 110 valence electrons. The fraction of sp³-hybridized carbons (Fsp3) is 0.750. The zero-order valence-electron chi connectivity index (χ0n) is 11.7. The van der Waals surface area contributed by atoms with Crippen molar-refractivity contribution in [2.75, 3.05) is 13.1 Å². The van der Waals surface area contributed by atoms with Gasteiger partial charge in [0, 0.05) is 6.54 Å². The first-order valence-corrected chi connectivity index (χ1v) is 6.48. The highest BCUT2D eigenvalue weighted by Crippen LogP contribution is 2.14. The van der Waals surface area contributed by atoms with Gasteiger partial charge in [-0.15, -0.1) is 0 Å². The number of hydrogen-bond donors (Lipinski definition) is 4. The monoisotopic (exact) mass is 273 g/mol. The molecule has 0 aliphatic heterocycles. The van der Waals surface area contributed by atoms with Crippen LogP contribution in [0.5, 0.6) is 0 Å². The van der Waals surface area contributed by atoms with Gasteiger partial charge in [0.15, 0.2) is 0 Å². The summed E-state index contributed by atoms with van der Waals surface area (Å²) in [6.45, 7) is 5.67. The zero-order valence-corrected chi connectivity index (χ0v) is 11.7. The van der Waals surface area contributed by atoms with Gasteiger partial charge >= 0.3 is 12.0 Å². The lowest BCUT2D eigenvalue weighted by Gasteiger charge is -2.27. The molecule has 7 heteroatoms. The van der Waals surface area contributed by atoms with Gasteiger partial charge < -0.3 is 21.1 Å². The smallest absolute Gasteiger partial charge is 0.329 e. The van der Waals surface area contributed by atoms with E-state index < -0.39 is 17.5 Å². The second-order valence-corrected chi connectivity index (χ2v) is 4.25. The Morgan fingerprint density at radius 3 is 2.05 bits per heavy atom. The normalized spacial score (nSPS) is 10.7. The summed E-state index contributed by atoms with van der Waals surface area (Å²) in [7, 11) is 0. The van der Waals surface area contributed by atoms with Crippen molar-refractivity contribution in [2.45, 2.75) is 45.6 Å². The number of nitrogens with one attached hydrogen (secondary N) is 3. The third-order valence-electron chi connectivity index (χ3n) is 2.95. The molecule has 0 aromatic rings. The first-order chi connectivity index (χ1) is 8.91. The van der Waals surface area contributed by atoms with Crippen LogP contribution in [0.1, 0.15) is 40.0 Å².